The third kappa shape index (κ3) is 1.53. The van der Waals surface area contributed by atoms with Crippen molar-refractivity contribution in [2.45, 2.75) is 12.8 Å². The average Bonchev–Trinajstić information content (AvgIpc) is 2.68. The maximum absolute atomic E-state index is 11.8. The van der Waals surface area contributed by atoms with E-state index in [4.69, 9.17) is 0 Å². The fourth-order valence-electron chi connectivity index (χ4n) is 1.87. The molecular weight excluding hydrogens is 226 g/mol. The number of aromatic nitrogens is 2. The molecule has 6 heteroatoms. The van der Waals surface area contributed by atoms with Gasteiger partial charge in [-0.3, -0.25) is 13.9 Å². The van der Waals surface area contributed by atoms with Gasteiger partial charge < -0.3 is 0 Å². The summed E-state index contributed by atoms with van der Waals surface area (Å²) < 4.78 is 2.54. The second kappa shape index (κ2) is 3.93. The minimum Gasteiger partial charge on any atom is -0.281 e. The summed E-state index contributed by atoms with van der Waals surface area (Å²) in [6.45, 7) is 0. The van der Waals surface area contributed by atoms with Crippen molar-refractivity contribution in [3.05, 3.63) is 26.4 Å². The van der Waals surface area contributed by atoms with E-state index >= 15 is 0 Å². The minimum absolute atomic E-state index is 0.240. The van der Waals surface area contributed by atoms with Gasteiger partial charge in [-0.1, -0.05) is 0 Å². The lowest BCUT2D eigenvalue weighted by Gasteiger charge is -2.05. The van der Waals surface area contributed by atoms with Crippen molar-refractivity contribution in [3.8, 4) is 0 Å². The standard InChI is InChI=1S/C10H13N3O2S/c1-12-8-7(5-6(11-8)3-4-16)9(14)13(2)10(12)15/h16H,3-5H2,1-2H3. The molecule has 0 aliphatic carbocycles. The van der Waals surface area contributed by atoms with Gasteiger partial charge in [0.15, 0.2) is 0 Å². The van der Waals surface area contributed by atoms with Crippen LogP contribution in [0.3, 0.4) is 0 Å². The molecule has 5 nitrogen and oxygen atoms in total. The van der Waals surface area contributed by atoms with E-state index in [1.54, 1.807) is 7.05 Å². The third-order valence-corrected chi connectivity index (χ3v) is 2.99. The predicted octanol–water partition coefficient (Wildman–Crippen LogP) is 0.0325. The fourth-order valence-corrected chi connectivity index (χ4v) is 2.12. The summed E-state index contributed by atoms with van der Waals surface area (Å²) in [4.78, 5) is 27.8. The topological polar surface area (TPSA) is 56.4 Å². The van der Waals surface area contributed by atoms with Crippen LogP contribution in [-0.2, 0) is 20.5 Å². The molecule has 0 N–H and O–H groups in total. The molecule has 0 saturated heterocycles. The molecule has 16 heavy (non-hydrogen) atoms. The quantitative estimate of drug-likeness (QED) is 0.740. The lowest BCUT2D eigenvalue weighted by atomic mass is 10.1. The monoisotopic (exact) mass is 239 g/mol. The Balaban J connectivity index is 2.64. The van der Waals surface area contributed by atoms with Gasteiger partial charge in [0.25, 0.3) is 5.56 Å². The van der Waals surface area contributed by atoms with Crippen molar-refractivity contribution in [1.29, 1.82) is 0 Å². The molecule has 0 saturated carbocycles. The van der Waals surface area contributed by atoms with Crippen LogP contribution in [0.5, 0.6) is 0 Å². The maximum atomic E-state index is 11.8. The number of fused-ring (bicyclic) bond motifs is 1. The van der Waals surface area contributed by atoms with Gasteiger partial charge in [0.05, 0.1) is 5.56 Å². The Bertz CT molecular complexity index is 583. The third-order valence-electron chi connectivity index (χ3n) is 2.77. The van der Waals surface area contributed by atoms with Gasteiger partial charge in [-0.15, -0.1) is 0 Å². The Morgan fingerprint density at radius 1 is 1.31 bits per heavy atom. The van der Waals surface area contributed by atoms with Crippen molar-refractivity contribution < 1.29 is 0 Å². The lowest BCUT2D eigenvalue weighted by molar-refractivity contribution is 0.682. The zero-order valence-corrected chi connectivity index (χ0v) is 10.1. The fraction of sp³-hybridized carbons (Fsp3) is 0.500. The average molecular weight is 239 g/mol. The van der Waals surface area contributed by atoms with Gasteiger partial charge >= 0.3 is 5.69 Å². The van der Waals surface area contributed by atoms with E-state index < -0.39 is 0 Å². The van der Waals surface area contributed by atoms with E-state index in [0.717, 1.165) is 16.7 Å². The molecule has 2 heterocycles. The smallest absolute Gasteiger partial charge is 0.281 e. The van der Waals surface area contributed by atoms with Gasteiger partial charge in [-0.2, -0.15) is 12.6 Å². The molecule has 0 bridgehead atoms. The molecule has 0 fully saturated rings. The van der Waals surface area contributed by atoms with E-state index in [1.807, 2.05) is 0 Å². The molecule has 0 atom stereocenters. The second-order valence-corrected chi connectivity index (χ2v) is 4.28. The molecule has 0 unspecified atom stereocenters. The first-order valence-corrected chi connectivity index (χ1v) is 5.65. The molecule has 1 aliphatic rings. The molecule has 1 aromatic heterocycles. The van der Waals surface area contributed by atoms with Crippen molar-refractivity contribution in [2.75, 3.05) is 5.75 Å². The lowest BCUT2D eigenvalue weighted by Crippen LogP contribution is -2.38. The first kappa shape index (κ1) is 11.2. The number of nitrogens with zero attached hydrogens (tertiary/aromatic N) is 3. The van der Waals surface area contributed by atoms with Crippen LogP contribution >= 0.6 is 12.6 Å². The van der Waals surface area contributed by atoms with Crippen LogP contribution in [0.4, 0.5) is 5.82 Å². The second-order valence-electron chi connectivity index (χ2n) is 3.84. The van der Waals surface area contributed by atoms with Gasteiger partial charge in [0, 0.05) is 26.2 Å². The summed E-state index contributed by atoms with van der Waals surface area (Å²) >= 11 is 4.13. The summed E-state index contributed by atoms with van der Waals surface area (Å²) in [5.74, 6) is 1.20. The number of aliphatic imine (C=N–C) groups is 1. The van der Waals surface area contributed by atoms with E-state index in [0.29, 0.717) is 23.6 Å². The van der Waals surface area contributed by atoms with Gasteiger partial charge in [0.2, 0.25) is 0 Å². The minimum atomic E-state index is -0.334. The summed E-state index contributed by atoms with van der Waals surface area (Å²) in [6.07, 6.45) is 1.28. The molecule has 1 aliphatic heterocycles. The van der Waals surface area contributed by atoms with Crippen molar-refractivity contribution in [1.82, 2.24) is 9.13 Å². The SMILES string of the molecule is Cn1c2c(c(=O)n(C)c1=O)CC(CCS)=N2. The largest absolute Gasteiger partial charge is 0.332 e. The summed E-state index contributed by atoms with van der Waals surface area (Å²) in [5.41, 5.74) is 0.959. The molecule has 0 amide bonds. The molecule has 1 aromatic rings. The van der Waals surface area contributed by atoms with E-state index in [1.165, 1.54) is 11.6 Å². The van der Waals surface area contributed by atoms with Gasteiger partial charge in [-0.05, 0) is 12.2 Å². The number of rotatable bonds is 2. The van der Waals surface area contributed by atoms with Crippen LogP contribution < -0.4 is 11.2 Å². The van der Waals surface area contributed by atoms with Crippen LogP contribution in [0.15, 0.2) is 14.6 Å². The molecular formula is C10H13N3O2S. The van der Waals surface area contributed by atoms with E-state index in [9.17, 15) is 9.59 Å². The van der Waals surface area contributed by atoms with Gasteiger partial charge in [0.1, 0.15) is 5.82 Å². The first-order chi connectivity index (χ1) is 7.56. The van der Waals surface area contributed by atoms with Crippen LogP contribution in [0.1, 0.15) is 12.0 Å². The Morgan fingerprint density at radius 3 is 2.62 bits per heavy atom. The van der Waals surface area contributed by atoms with Crippen LogP contribution in [-0.4, -0.2) is 20.6 Å². The Labute approximate surface area is 97.8 Å². The Kier molecular flexibility index (Phi) is 2.75. The zero-order valence-electron chi connectivity index (χ0n) is 9.23. The number of thiol groups is 1. The number of hydrogen-bond acceptors (Lipinski definition) is 4. The maximum Gasteiger partial charge on any atom is 0.332 e. The summed E-state index contributed by atoms with van der Waals surface area (Å²) in [5, 5.41) is 0. The van der Waals surface area contributed by atoms with E-state index in [-0.39, 0.29) is 11.2 Å². The first-order valence-electron chi connectivity index (χ1n) is 5.02. The molecule has 86 valence electrons. The molecule has 0 spiro atoms. The van der Waals surface area contributed by atoms with Crippen LogP contribution in [0.2, 0.25) is 0 Å². The Morgan fingerprint density at radius 2 is 2.00 bits per heavy atom. The van der Waals surface area contributed by atoms with Crippen molar-refractivity contribution in [3.63, 3.8) is 0 Å². The highest BCUT2D eigenvalue weighted by molar-refractivity contribution is 7.80. The highest BCUT2D eigenvalue weighted by Gasteiger charge is 2.22. The predicted molar refractivity (Wildman–Crippen MR) is 66.2 cm³/mol. The van der Waals surface area contributed by atoms with Gasteiger partial charge in [-0.25, -0.2) is 9.79 Å². The summed E-state index contributed by atoms with van der Waals surface area (Å²) in [7, 11) is 3.12. The number of hydrogen-bond donors (Lipinski definition) is 1. The zero-order chi connectivity index (χ0) is 11.9. The normalized spacial score (nSPS) is 13.8. The molecule has 2 rings (SSSR count). The van der Waals surface area contributed by atoms with Crippen molar-refractivity contribution in [2.24, 2.45) is 19.1 Å². The van der Waals surface area contributed by atoms with Crippen LogP contribution in [0, 0.1) is 0 Å². The van der Waals surface area contributed by atoms with E-state index in [2.05, 4.69) is 17.6 Å². The highest BCUT2D eigenvalue weighted by atomic mass is 32.1. The molecule has 0 radical (unpaired) electrons. The highest BCUT2D eigenvalue weighted by Crippen LogP contribution is 2.22. The molecule has 0 aromatic carbocycles. The van der Waals surface area contributed by atoms with Crippen molar-refractivity contribution >= 4 is 24.2 Å². The Hall–Kier alpha value is -1.30. The summed E-state index contributed by atoms with van der Waals surface area (Å²) in [6, 6.07) is 0. The van der Waals surface area contributed by atoms with Crippen LogP contribution in [0.25, 0.3) is 0 Å².